The summed E-state index contributed by atoms with van der Waals surface area (Å²) in [5.41, 5.74) is 9.82. The SMILES string of the molecule is CC(C)n1cc(-c2cc(N(C)Cc3ccccc3)n3ncc(C(N)=O)c3n2)c2cc(Cl)cnc21. The van der Waals surface area contributed by atoms with Gasteiger partial charge in [0.25, 0.3) is 5.91 Å². The van der Waals surface area contributed by atoms with Crippen LogP contribution in [0.15, 0.2) is 61.1 Å². The minimum Gasteiger partial charge on any atom is -0.365 e. The highest BCUT2D eigenvalue weighted by atomic mass is 35.5. The Hall–Kier alpha value is -3.91. The molecule has 0 saturated carbocycles. The highest BCUT2D eigenvalue weighted by molar-refractivity contribution is 6.31. The fraction of sp³-hybridized carbons (Fsp3) is 0.200. The lowest BCUT2D eigenvalue weighted by atomic mass is 10.1. The number of nitrogens with two attached hydrogens (primary N) is 1. The summed E-state index contributed by atoms with van der Waals surface area (Å²) in [6, 6.07) is 14.2. The van der Waals surface area contributed by atoms with Crippen LogP contribution in [0.1, 0.15) is 35.8 Å². The molecular formula is C25H24ClN7O. The summed E-state index contributed by atoms with van der Waals surface area (Å²) >= 11 is 6.31. The van der Waals surface area contributed by atoms with Crippen LogP contribution in [-0.2, 0) is 6.54 Å². The van der Waals surface area contributed by atoms with Gasteiger partial charge in [-0.25, -0.2) is 9.97 Å². The lowest BCUT2D eigenvalue weighted by molar-refractivity contribution is 0.100. The van der Waals surface area contributed by atoms with Gasteiger partial charge < -0.3 is 15.2 Å². The van der Waals surface area contributed by atoms with Crippen LogP contribution < -0.4 is 10.6 Å². The summed E-state index contributed by atoms with van der Waals surface area (Å²) in [5, 5.41) is 5.85. The third-order valence-corrected chi connectivity index (χ3v) is 6.05. The lowest BCUT2D eigenvalue weighted by Crippen LogP contribution is -2.20. The van der Waals surface area contributed by atoms with Crippen molar-refractivity contribution in [3.05, 3.63) is 77.2 Å². The van der Waals surface area contributed by atoms with E-state index in [-0.39, 0.29) is 11.6 Å². The van der Waals surface area contributed by atoms with E-state index in [1.165, 1.54) is 6.20 Å². The summed E-state index contributed by atoms with van der Waals surface area (Å²) in [6.07, 6.45) is 5.13. The summed E-state index contributed by atoms with van der Waals surface area (Å²) in [5.74, 6) is 0.197. The monoisotopic (exact) mass is 473 g/mol. The molecule has 0 aliphatic heterocycles. The number of anilines is 1. The summed E-state index contributed by atoms with van der Waals surface area (Å²) in [4.78, 5) is 23.6. The molecule has 9 heteroatoms. The van der Waals surface area contributed by atoms with Gasteiger partial charge in [0.2, 0.25) is 0 Å². The molecule has 34 heavy (non-hydrogen) atoms. The van der Waals surface area contributed by atoms with E-state index in [2.05, 4.69) is 45.5 Å². The Morgan fingerprint density at radius 2 is 1.91 bits per heavy atom. The molecule has 2 N–H and O–H groups in total. The van der Waals surface area contributed by atoms with Gasteiger partial charge in [-0.15, -0.1) is 0 Å². The third-order valence-electron chi connectivity index (χ3n) is 5.84. The van der Waals surface area contributed by atoms with Crippen molar-refractivity contribution in [3.8, 4) is 11.3 Å². The lowest BCUT2D eigenvalue weighted by Gasteiger charge is -2.21. The van der Waals surface area contributed by atoms with E-state index in [9.17, 15) is 4.79 Å². The zero-order chi connectivity index (χ0) is 24.0. The molecule has 5 aromatic rings. The molecule has 0 saturated heterocycles. The van der Waals surface area contributed by atoms with Crippen LogP contribution in [0.2, 0.25) is 5.02 Å². The molecule has 0 unspecified atom stereocenters. The summed E-state index contributed by atoms with van der Waals surface area (Å²) < 4.78 is 3.74. The van der Waals surface area contributed by atoms with E-state index in [4.69, 9.17) is 22.3 Å². The van der Waals surface area contributed by atoms with Crippen molar-refractivity contribution < 1.29 is 4.79 Å². The maximum Gasteiger partial charge on any atom is 0.254 e. The topological polar surface area (TPSA) is 94.3 Å². The van der Waals surface area contributed by atoms with Crippen LogP contribution in [0.3, 0.4) is 0 Å². The Kier molecular flexibility index (Phi) is 5.45. The minimum absolute atomic E-state index is 0.185. The number of rotatable bonds is 6. The molecule has 5 rings (SSSR count). The molecule has 0 atom stereocenters. The van der Waals surface area contributed by atoms with Crippen molar-refractivity contribution in [2.24, 2.45) is 5.73 Å². The molecular weight excluding hydrogens is 450 g/mol. The van der Waals surface area contributed by atoms with Gasteiger partial charge >= 0.3 is 0 Å². The molecule has 0 spiro atoms. The van der Waals surface area contributed by atoms with E-state index >= 15 is 0 Å². The molecule has 0 aliphatic rings. The first-order valence-corrected chi connectivity index (χ1v) is 11.3. The highest BCUT2D eigenvalue weighted by Crippen LogP contribution is 2.34. The van der Waals surface area contributed by atoms with Gasteiger partial charge in [-0.1, -0.05) is 41.9 Å². The van der Waals surface area contributed by atoms with E-state index < -0.39 is 5.91 Å². The van der Waals surface area contributed by atoms with Crippen molar-refractivity contribution in [2.45, 2.75) is 26.4 Å². The number of amides is 1. The number of benzene rings is 1. The van der Waals surface area contributed by atoms with Crippen LogP contribution in [0.5, 0.6) is 0 Å². The quantitative estimate of drug-likeness (QED) is 0.385. The fourth-order valence-electron chi connectivity index (χ4n) is 4.17. The van der Waals surface area contributed by atoms with E-state index in [0.29, 0.717) is 22.9 Å². The summed E-state index contributed by atoms with van der Waals surface area (Å²) in [6.45, 7) is 4.83. The molecule has 4 aromatic heterocycles. The molecule has 0 bridgehead atoms. The number of pyridine rings is 1. The molecule has 8 nitrogen and oxygen atoms in total. The van der Waals surface area contributed by atoms with Gasteiger partial charge in [-0.2, -0.15) is 9.61 Å². The summed E-state index contributed by atoms with van der Waals surface area (Å²) in [7, 11) is 1.98. The molecule has 0 fully saturated rings. The average molecular weight is 474 g/mol. The van der Waals surface area contributed by atoms with Gasteiger partial charge in [0.15, 0.2) is 5.65 Å². The predicted octanol–water partition coefficient (Wildman–Crippen LogP) is 4.72. The number of halogens is 1. The van der Waals surface area contributed by atoms with Gasteiger partial charge in [-0.05, 0) is 25.5 Å². The van der Waals surface area contributed by atoms with Crippen LogP contribution in [0, 0.1) is 0 Å². The Labute approximate surface area is 201 Å². The number of aromatic nitrogens is 5. The van der Waals surface area contributed by atoms with Gasteiger partial charge in [0, 0.05) is 49.0 Å². The number of nitrogens with zero attached hydrogens (tertiary/aromatic N) is 6. The molecule has 4 heterocycles. The first-order valence-electron chi connectivity index (χ1n) is 10.9. The largest absolute Gasteiger partial charge is 0.365 e. The molecule has 0 radical (unpaired) electrons. The van der Waals surface area contributed by atoms with Crippen molar-refractivity contribution in [1.82, 2.24) is 24.1 Å². The van der Waals surface area contributed by atoms with Gasteiger partial charge in [-0.3, -0.25) is 4.79 Å². The molecule has 1 aromatic carbocycles. The van der Waals surface area contributed by atoms with Gasteiger partial charge in [0.05, 0.1) is 16.9 Å². The van der Waals surface area contributed by atoms with Crippen LogP contribution >= 0.6 is 11.6 Å². The van der Waals surface area contributed by atoms with Crippen LogP contribution in [0.25, 0.3) is 27.9 Å². The second-order valence-electron chi connectivity index (χ2n) is 8.57. The Balaban J connectivity index is 1.75. The second-order valence-corrected chi connectivity index (χ2v) is 9.00. The predicted molar refractivity (Wildman–Crippen MR) is 134 cm³/mol. The molecule has 1 amide bonds. The Morgan fingerprint density at radius 3 is 2.62 bits per heavy atom. The Morgan fingerprint density at radius 1 is 1.15 bits per heavy atom. The van der Waals surface area contributed by atoms with Crippen molar-refractivity contribution in [3.63, 3.8) is 0 Å². The number of carbonyl (C=O) groups is 1. The minimum atomic E-state index is -0.578. The zero-order valence-electron chi connectivity index (χ0n) is 19.1. The van der Waals surface area contributed by atoms with E-state index in [1.54, 1.807) is 10.7 Å². The van der Waals surface area contributed by atoms with Gasteiger partial charge in [0.1, 0.15) is 17.0 Å². The number of hydrogen-bond donors (Lipinski definition) is 1. The number of primary amides is 1. The number of hydrogen-bond acceptors (Lipinski definition) is 5. The van der Waals surface area contributed by atoms with E-state index in [0.717, 1.165) is 28.0 Å². The smallest absolute Gasteiger partial charge is 0.254 e. The van der Waals surface area contributed by atoms with Crippen molar-refractivity contribution in [2.75, 3.05) is 11.9 Å². The zero-order valence-corrected chi connectivity index (χ0v) is 19.9. The first kappa shape index (κ1) is 21.9. The molecule has 0 aliphatic carbocycles. The molecule has 172 valence electrons. The maximum atomic E-state index is 12.1. The van der Waals surface area contributed by atoms with E-state index in [1.807, 2.05) is 43.6 Å². The van der Waals surface area contributed by atoms with Crippen molar-refractivity contribution in [1.29, 1.82) is 0 Å². The average Bonchev–Trinajstić information content (AvgIpc) is 3.40. The van der Waals surface area contributed by atoms with Crippen LogP contribution in [-0.4, -0.2) is 37.1 Å². The first-order chi connectivity index (χ1) is 16.3. The third kappa shape index (κ3) is 3.76. The highest BCUT2D eigenvalue weighted by Gasteiger charge is 2.21. The Bertz CT molecular complexity index is 1520. The van der Waals surface area contributed by atoms with Crippen molar-refractivity contribution >= 4 is 40.0 Å². The fourth-order valence-corrected chi connectivity index (χ4v) is 4.33. The number of fused-ring (bicyclic) bond motifs is 2. The number of carbonyl (C=O) groups excluding carboxylic acids is 1. The van der Waals surface area contributed by atoms with Crippen LogP contribution in [0.4, 0.5) is 5.82 Å². The normalized spacial score (nSPS) is 11.6. The standard InChI is InChI=1S/C25H24ClN7O/c1-15(2)32-14-20(18-9-17(26)11-28-24(18)32)21-10-22(31(3)13-16-7-5-4-6-8-16)33-25(30-21)19(12-29-33)23(27)34/h4-12,14-15H,13H2,1-3H3,(H2,27,34). The maximum absolute atomic E-state index is 12.1. The second kappa shape index (κ2) is 8.46.